The highest BCUT2D eigenvalue weighted by Gasteiger charge is 2.53. The fraction of sp³-hybridized carbons (Fsp3) is 0.414. The number of nitrogens with zero attached hydrogens (tertiary/aromatic N) is 3. The van der Waals surface area contributed by atoms with E-state index in [9.17, 15) is 10.1 Å². The molecule has 1 fully saturated rings. The lowest BCUT2D eigenvalue weighted by Gasteiger charge is -2.51. The van der Waals surface area contributed by atoms with Gasteiger partial charge in [-0.1, -0.05) is 93.0 Å². The Morgan fingerprint density at radius 3 is 2.08 bits per heavy atom. The van der Waals surface area contributed by atoms with Crippen molar-refractivity contribution < 1.29 is 18.8 Å². The Bertz CT molecular complexity index is 1200. The number of imidazole rings is 1. The van der Waals surface area contributed by atoms with E-state index in [-0.39, 0.29) is 24.0 Å². The molecule has 2 heterocycles. The third kappa shape index (κ3) is 6.13. The standard InChI is InChI=1S/C29H37N3O5Si/c1-7-22-18-31(26(30-22)32(33)34)19-29(20-35-28(5,6)36-21-29)25(27(2,3)4)37-38(23-14-10-8-11-15-23)24-16-12-9-13-17-24/h7-18,25,38H,1,19-21H2,2-6H3. The van der Waals surface area contributed by atoms with Crippen molar-refractivity contribution in [2.75, 3.05) is 13.2 Å². The molecule has 1 atom stereocenters. The molecule has 0 spiro atoms. The van der Waals surface area contributed by atoms with E-state index in [2.05, 4.69) is 56.6 Å². The van der Waals surface area contributed by atoms with Crippen LogP contribution in [0.1, 0.15) is 40.3 Å². The van der Waals surface area contributed by atoms with Crippen LogP contribution in [0.4, 0.5) is 5.95 Å². The molecule has 38 heavy (non-hydrogen) atoms. The third-order valence-electron chi connectivity index (χ3n) is 6.87. The van der Waals surface area contributed by atoms with Crippen LogP contribution in [-0.4, -0.2) is 48.6 Å². The molecule has 1 unspecified atom stereocenters. The molecular formula is C29H37N3O5Si. The maximum Gasteiger partial charge on any atom is 0.435 e. The predicted molar refractivity (Wildman–Crippen MR) is 151 cm³/mol. The second kappa shape index (κ2) is 10.9. The molecule has 1 aliphatic heterocycles. The molecule has 0 N–H and O–H groups in total. The van der Waals surface area contributed by atoms with Gasteiger partial charge in [-0.3, -0.25) is 0 Å². The van der Waals surface area contributed by atoms with Crippen LogP contribution in [0.3, 0.4) is 0 Å². The van der Waals surface area contributed by atoms with Gasteiger partial charge < -0.3 is 24.0 Å². The van der Waals surface area contributed by atoms with Crippen LogP contribution in [0.15, 0.2) is 73.4 Å². The third-order valence-corrected chi connectivity index (χ3v) is 9.39. The largest absolute Gasteiger partial charge is 0.435 e. The molecule has 8 nitrogen and oxygen atoms in total. The van der Waals surface area contributed by atoms with E-state index < -0.39 is 25.2 Å². The van der Waals surface area contributed by atoms with Gasteiger partial charge in [-0.15, -0.1) is 0 Å². The molecule has 2 aromatic carbocycles. The fourth-order valence-corrected chi connectivity index (χ4v) is 7.99. The zero-order chi connectivity index (χ0) is 27.6. The van der Waals surface area contributed by atoms with Crippen LogP contribution in [0, 0.1) is 20.9 Å². The van der Waals surface area contributed by atoms with Gasteiger partial charge in [0.2, 0.25) is 9.04 Å². The molecule has 1 saturated heterocycles. The van der Waals surface area contributed by atoms with Crippen molar-refractivity contribution in [2.24, 2.45) is 10.8 Å². The number of ether oxygens (including phenoxy) is 2. The van der Waals surface area contributed by atoms with Crippen LogP contribution in [0.2, 0.25) is 0 Å². The van der Waals surface area contributed by atoms with Crippen molar-refractivity contribution in [3.8, 4) is 0 Å². The van der Waals surface area contributed by atoms with Gasteiger partial charge in [0.25, 0.3) is 0 Å². The Balaban J connectivity index is 1.82. The zero-order valence-electron chi connectivity index (χ0n) is 22.8. The van der Waals surface area contributed by atoms with Gasteiger partial charge in [0.15, 0.2) is 11.5 Å². The van der Waals surface area contributed by atoms with Crippen LogP contribution < -0.4 is 10.4 Å². The van der Waals surface area contributed by atoms with E-state index in [0.29, 0.717) is 18.9 Å². The SMILES string of the molecule is C=Cc1cn(CC2(C(O[SiH](c3ccccc3)c3ccccc3)C(C)(C)C)COC(C)(C)OC2)c([N+](=O)[O-])n1. The van der Waals surface area contributed by atoms with Crippen molar-refractivity contribution in [3.05, 3.63) is 89.2 Å². The molecule has 0 aliphatic carbocycles. The smallest absolute Gasteiger partial charge is 0.407 e. The van der Waals surface area contributed by atoms with Crippen LogP contribution in [-0.2, 0) is 20.4 Å². The van der Waals surface area contributed by atoms with Crippen LogP contribution in [0.5, 0.6) is 0 Å². The van der Waals surface area contributed by atoms with Crippen LogP contribution in [0.25, 0.3) is 6.08 Å². The van der Waals surface area contributed by atoms with E-state index in [4.69, 9.17) is 13.9 Å². The Labute approximate surface area is 226 Å². The first-order valence-corrected chi connectivity index (χ1v) is 14.4. The summed E-state index contributed by atoms with van der Waals surface area (Å²) < 4.78 is 21.3. The molecule has 9 heteroatoms. The van der Waals surface area contributed by atoms with E-state index in [1.54, 1.807) is 10.8 Å². The molecule has 0 amide bonds. The molecule has 0 radical (unpaired) electrons. The molecular weight excluding hydrogens is 498 g/mol. The van der Waals surface area contributed by atoms with E-state index >= 15 is 0 Å². The molecule has 1 aromatic heterocycles. The lowest BCUT2D eigenvalue weighted by Crippen LogP contribution is -2.62. The normalized spacial score (nSPS) is 17.7. The van der Waals surface area contributed by atoms with Gasteiger partial charge in [-0.05, 0) is 40.6 Å². The summed E-state index contributed by atoms with van der Waals surface area (Å²) in [6.07, 6.45) is 2.81. The number of aromatic nitrogens is 2. The quantitative estimate of drug-likeness (QED) is 0.232. The number of nitro groups is 1. The van der Waals surface area contributed by atoms with E-state index in [0.717, 1.165) is 10.4 Å². The van der Waals surface area contributed by atoms with Crippen molar-refractivity contribution >= 4 is 31.4 Å². The minimum atomic E-state index is -2.18. The highest BCUT2D eigenvalue weighted by Crippen LogP contribution is 2.44. The van der Waals surface area contributed by atoms with E-state index in [1.807, 2.05) is 50.2 Å². The Hall–Kier alpha value is -3.11. The fourth-order valence-electron chi connectivity index (χ4n) is 5.18. The summed E-state index contributed by atoms with van der Waals surface area (Å²) in [5.41, 5.74) is -0.634. The van der Waals surface area contributed by atoms with Crippen molar-refractivity contribution in [1.82, 2.24) is 9.55 Å². The summed E-state index contributed by atoms with van der Waals surface area (Å²) in [6.45, 7) is 14.8. The second-order valence-electron chi connectivity index (χ2n) is 11.5. The predicted octanol–water partition coefficient (Wildman–Crippen LogP) is 4.17. The van der Waals surface area contributed by atoms with Crippen LogP contribution >= 0.6 is 0 Å². The van der Waals surface area contributed by atoms with Gasteiger partial charge in [-0.25, -0.2) is 4.57 Å². The highest BCUT2D eigenvalue weighted by atomic mass is 28.3. The topological polar surface area (TPSA) is 88.7 Å². The van der Waals surface area contributed by atoms with Gasteiger partial charge >= 0.3 is 5.95 Å². The second-order valence-corrected chi connectivity index (χ2v) is 13.8. The van der Waals surface area contributed by atoms with Gasteiger partial charge in [0.05, 0.1) is 31.3 Å². The maximum atomic E-state index is 11.9. The van der Waals surface area contributed by atoms with Gasteiger partial charge in [0.1, 0.15) is 6.20 Å². The number of benzene rings is 2. The van der Waals surface area contributed by atoms with Gasteiger partial charge in [-0.2, -0.15) is 0 Å². The molecule has 4 rings (SSSR count). The average molecular weight is 536 g/mol. The Morgan fingerprint density at radius 1 is 1.11 bits per heavy atom. The summed E-state index contributed by atoms with van der Waals surface area (Å²) in [5.74, 6) is -1.01. The Kier molecular flexibility index (Phi) is 8.03. The minimum Gasteiger partial charge on any atom is -0.407 e. The lowest BCUT2D eigenvalue weighted by molar-refractivity contribution is -0.397. The summed E-state index contributed by atoms with van der Waals surface area (Å²) in [5, 5.41) is 14.2. The minimum absolute atomic E-state index is 0.239. The molecule has 3 aromatic rings. The monoisotopic (exact) mass is 535 g/mol. The van der Waals surface area contributed by atoms with Crippen molar-refractivity contribution in [3.63, 3.8) is 0 Å². The molecule has 202 valence electrons. The maximum absolute atomic E-state index is 11.9. The Morgan fingerprint density at radius 2 is 1.63 bits per heavy atom. The number of hydrogen-bond acceptors (Lipinski definition) is 6. The molecule has 0 saturated carbocycles. The summed E-state index contributed by atoms with van der Waals surface area (Å²) in [4.78, 5) is 15.6. The zero-order valence-corrected chi connectivity index (χ0v) is 23.9. The first-order valence-electron chi connectivity index (χ1n) is 12.8. The summed E-state index contributed by atoms with van der Waals surface area (Å²) >= 11 is 0. The number of hydrogen-bond donors (Lipinski definition) is 0. The first-order chi connectivity index (χ1) is 17.9. The highest BCUT2D eigenvalue weighted by molar-refractivity contribution is 6.80. The van der Waals surface area contributed by atoms with Crippen molar-refractivity contribution in [2.45, 2.75) is 53.1 Å². The summed E-state index contributed by atoms with van der Waals surface area (Å²) in [7, 11) is -2.18. The van der Waals surface area contributed by atoms with Crippen molar-refractivity contribution in [1.29, 1.82) is 0 Å². The first kappa shape index (κ1) is 27.9. The number of rotatable bonds is 9. The molecule has 0 bridgehead atoms. The van der Waals surface area contributed by atoms with Gasteiger partial charge in [0, 0.05) is 0 Å². The summed E-state index contributed by atoms with van der Waals surface area (Å²) in [6, 6.07) is 20.6. The lowest BCUT2D eigenvalue weighted by atomic mass is 9.70. The molecule has 1 aliphatic rings. The van der Waals surface area contributed by atoms with E-state index in [1.165, 1.54) is 6.08 Å². The average Bonchev–Trinajstić information content (AvgIpc) is 3.29.